The molecule has 1 aromatic rings. The predicted molar refractivity (Wildman–Crippen MR) is 80.8 cm³/mol. The van der Waals surface area contributed by atoms with Crippen LogP contribution < -0.4 is 10.6 Å². The van der Waals surface area contributed by atoms with Crippen molar-refractivity contribution in [2.24, 2.45) is 0 Å². The molecule has 0 spiro atoms. The zero-order valence-corrected chi connectivity index (χ0v) is 14.0. The summed E-state index contributed by atoms with van der Waals surface area (Å²) in [4.78, 5) is 10.8. The van der Waals surface area contributed by atoms with E-state index in [9.17, 15) is 31.4 Å². The number of anilines is 2. The second-order valence-corrected chi connectivity index (χ2v) is 5.90. The molecule has 0 radical (unpaired) electrons. The lowest BCUT2D eigenvalue weighted by Gasteiger charge is -2.30. The van der Waals surface area contributed by atoms with Gasteiger partial charge in [0, 0.05) is 0 Å². The van der Waals surface area contributed by atoms with Gasteiger partial charge >= 0.3 is 12.4 Å². The molecule has 2 atom stereocenters. The van der Waals surface area contributed by atoms with Crippen molar-refractivity contribution in [2.45, 2.75) is 43.9 Å². The van der Waals surface area contributed by atoms with E-state index in [4.69, 9.17) is 4.74 Å². The fourth-order valence-electron chi connectivity index (χ4n) is 1.65. The van der Waals surface area contributed by atoms with Crippen LogP contribution in [0.15, 0.2) is 0 Å². The minimum absolute atomic E-state index is 0.0858. The smallest absolute Gasteiger partial charge is 0.373 e. The Morgan fingerprint density at radius 2 is 1.41 bits per heavy atom. The summed E-state index contributed by atoms with van der Waals surface area (Å²) < 4.78 is 80.9. The van der Waals surface area contributed by atoms with E-state index in [1.807, 2.05) is 10.6 Å². The molecule has 7 nitrogen and oxygen atoms in total. The molecule has 0 aliphatic carbocycles. The molecule has 1 fully saturated rings. The Morgan fingerprint density at radius 1 is 0.963 bits per heavy atom. The van der Waals surface area contributed by atoms with Gasteiger partial charge in [-0.1, -0.05) is 5.92 Å². The van der Waals surface area contributed by atoms with Crippen molar-refractivity contribution in [1.29, 1.82) is 0 Å². The molecule has 1 aromatic heterocycles. The number of halogens is 6. The summed E-state index contributed by atoms with van der Waals surface area (Å²) in [5, 5.41) is 13.7. The van der Waals surface area contributed by atoms with Crippen molar-refractivity contribution >= 4 is 11.9 Å². The molecule has 2 heterocycles. The summed E-state index contributed by atoms with van der Waals surface area (Å²) in [5.74, 6) is 3.02. The van der Waals surface area contributed by atoms with Gasteiger partial charge in [-0.3, -0.25) is 0 Å². The van der Waals surface area contributed by atoms with Crippen LogP contribution in [0.25, 0.3) is 0 Å². The zero-order chi connectivity index (χ0) is 20.5. The Balaban J connectivity index is 2.31. The van der Waals surface area contributed by atoms with Crippen LogP contribution in [0.2, 0.25) is 0 Å². The third-order valence-corrected chi connectivity index (χ3v) is 3.40. The van der Waals surface area contributed by atoms with Crippen LogP contribution in [-0.2, 0) is 4.74 Å². The van der Waals surface area contributed by atoms with Gasteiger partial charge in [-0.25, -0.2) is 0 Å². The Hall–Kier alpha value is -2.33. The standard InChI is InChI=1S/C14H15F6N5O2/c1-7(13(15,16)17)21-10-23-9(3-4-12(26)5-27-6-12)24-11(25-10)22-8(2)14(18,19)20/h7-8,26H,5-6H2,1-2H3,(H2,21,22,23,24,25)/t7-,8-/m1/s1. The molecule has 0 bridgehead atoms. The Morgan fingerprint density at radius 3 is 1.74 bits per heavy atom. The van der Waals surface area contributed by atoms with Crippen LogP contribution in [0.3, 0.4) is 0 Å². The number of ether oxygens (including phenoxy) is 1. The fourth-order valence-corrected chi connectivity index (χ4v) is 1.65. The van der Waals surface area contributed by atoms with E-state index in [0.29, 0.717) is 0 Å². The first kappa shape index (κ1) is 21.0. The van der Waals surface area contributed by atoms with Crippen LogP contribution in [0.1, 0.15) is 19.7 Å². The van der Waals surface area contributed by atoms with Gasteiger partial charge in [0.2, 0.25) is 17.7 Å². The summed E-state index contributed by atoms with van der Waals surface area (Å²) in [7, 11) is 0. The predicted octanol–water partition coefficient (Wildman–Crippen LogP) is 1.71. The minimum atomic E-state index is -4.64. The summed E-state index contributed by atoms with van der Waals surface area (Å²) in [6.45, 7) is 1.40. The Labute approximate surface area is 149 Å². The molecular weight excluding hydrogens is 384 g/mol. The second-order valence-electron chi connectivity index (χ2n) is 5.90. The van der Waals surface area contributed by atoms with Crippen LogP contribution in [0.5, 0.6) is 0 Å². The SMILES string of the molecule is C[C@@H](Nc1nc(C#CC2(O)COC2)nc(N[C@H](C)C(F)(F)F)n1)C(F)(F)F. The molecule has 0 unspecified atom stereocenters. The maximum Gasteiger partial charge on any atom is 0.408 e. The normalized spacial score (nSPS) is 18.6. The number of nitrogens with zero attached hydrogens (tertiary/aromatic N) is 3. The van der Waals surface area contributed by atoms with Gasteiger partial charge in [-0.2, -0.15) is 41.3 Å². The zero-order valence-electron chi connectivity index (χ0n) is 14.0. The van der Waals surface area contributed by atoms with Crippen molar-refractivity contribution in [2.75, 3.05) is 23.8 Å². The quantitative estimate of drug-likeness (QED) is 0.525. The molecule has 3 N–H and O–H groups in total. The van der Waals surface area contributed by atoms with Gasteiger partial charge in [0.15, 0.2) is 5.60 Å². The van der Waals surface area contributed by atoms with Crippen molar-refractivity contribution in [1.82, 2.24) is 15.0 Å². The van der Waals surface area contributed by atoms with E-state index >= 15 is 0 Å². The summed E-state index contributed by atoms with van der Waals surface area (Å²) in [6.07, 6.45) is -9.27. The summed E-state index contributed by atoms with van der Waals surface area (Å²) in [5.41, 5.74) is -1.47. The maximum atomic E-state index is 12.7. The van der Waals surface area contributed by atoms with Crippen LogP contribution >= 0.6 is 0 Å². The number of alkyl halides is 6. The van der Waals surface area contributed by atoms with Crippen molar-refractivity contribution in [3.05, 3.63) is 5.82 Å². The van der Waals surface area contributed by atoms with Crippen LogP contribution in [-0.4, -0.2) is 63.3 Å². The van der Waals surface area contributed by atoms with E-state index in [1.165, 1.54) is 0 Å². The minimum Gasteiger partial charge on any atom is -0.373 e. The lowest BCUT2D eigenvalue weighted by molar-refractivity contribution is -0.140. The van der Waals surface area contributed by atoms with Gasteiger partial charge in [0.05, 0.1) is 13.2 Å². The highest BCUT2D eigenvalue weighted by Gasteiger charge is 2.38. The van der Waals surface area contributed by atoms with Gasteiger partial charge in [-0.15, -0.1) is 0 Å². The molecule has 1 aliphatic heterocycles. The van der Waals surface area contributed by atoms with Crippen LogP contribution in [0, 0.1) is 11.8 Å². The van der Waals surface area contributed by atoms with Gasteiger partial charge in [0.1, 0.15) is 12.1 Å². The number of rotatable bonds is 4. The number of hydrogen-bond donors (Lipinski definition) is 3. The lowest BCUT2D eigenvalue weighted by Crippen LogP contribution is -2.48. The lowest BCUT2D eigenvalue weighted by atomic mass is 10.0. The van der Waals surface area contributed by atoms with Crippen molar-refractivity contribution in [3.8, 4) is 11.8 Å². The molecule has 1 saturated heterocycles. The van der Waals surface area contributed by atoms with E-state index in [0.717, 1.165) is 13.8 Å². The molecular formula is C14H15F6N5O2. The second kappa shape index (κ2) is 7.35. The largest absolute Gasteiger partial charge is 0.408 e. The molecule has 0 amide bonds. The summed E-state index contributed by atoms with van der Waals surface area (Å²) in [6, 6.07) is -4.14. The highest BCUT2D eigenvalue weighted by Crippen LogP contribution is 2.24. The monoisotopic (exact) mass is 399 g/mol. The third-order valence-electron chi connectivity index (χ3n) is 3.40. The van der Waals surface area contributed by atoms with Crippen molar-refractivity contribution in [3.63, 3.8) is 0 Å². The van der Waals surface area contributed by atoms with E-state index < -0.39 is 47.8 Å². The Kier molecular flexibility index (Phi) is 5.71. The first-order valence-electron chi connectivity index (χ1n) is 7.54. The van der Waals surface area contributed by atoms with Gasteiger partial charge in [-0.05, 0) is 19.8 Å². The maximum absolute atomic E-state index is 12.7. The van der Waals surface area contributed by atoms with E-state index in [2.05, 4.69) is 26.8 Å². The number of aliphatic hydroxyl groups is 1. The average Bonchev–Trinajstić information content (AvgIpc) is 2.49. The van der Waals surface area contributed by atoms with E-state index in [-0.39, 0.29) is 13.2 Å². The highest BCUT2D eigenvalue weighted by atomic mass is 19.4. The Bertz CT molecular complexity index is 698. The molecule has 0 aromatic carbocycles. The number of aromatic nitrogens is 3. The first-order valence-corrected chi connectivity index (χ1v) is 7.54. The molecule has 13 heteroatoms. The molecule has 0 saturated carbocycles. The van der Waals surface area contributed by atoms with Crippen molar-refractivity contribution < 1.29 is 36.2 Å². The third kappa shape index (κ3) is 5.83. The molecule has 1 aliphatic rings. The first-order chi connectivity index (χ1) is 12.3. The van der Waals surface area contributed by atoms with E-state index in [1.54, 1.807) is 0 Å². The van der Waals surface area contributed by atoms with Gasteiger partial charge < -0.3 is 20.5 Å². The number of nitrogens with one attached hydrogen (secondary N) is 2. The highest BCUT2D eigenvalue weighted by molar-refractivity contribution is 5.40. The summed E-state index contributed by atoms with van der Waals surface area (Å²) >= 11 is 0. The fraction of sp³-hybridized carbons (Fsp3) is 0.643. The number of hydrogen-bond acceptors (Lipinski definition) is 7. The van der Waals surface area contributed by atoms with Gasteiger partial charge in [0.25, 0.3) is 0 Å². The molecule has 150 valence electrons. The molecule has 27 heavy (non-hydrogen) atoms. The topological polar surface area (TPSA) is 92.2 Å². The molecule has 2 rings (SSSR count). The average molecular weight is 399 g/mol. The van der Waals surface area contributed by atoms with Crippen LogP contribution in [0.4, 0.5) is 38.2 Å².